The summed E-state index contributed by atoms with van der Waals surface area (Å²) in [5.74, 6) is -0.0280. The van der Waals surface area contributed by atoms with Gasteiger partial charge in [0.15, 0.2) is 0 Å². The van der Waals surface area contributed by atoms with E-state index in [1.54, 1.807) is 12.0 Å². The van der Waals surface area contributed by atoms with Gasteiger partial charge >= 0.3 is 0 Å². The number of amides is 3. The molecule has 3 aliphatic heterocycles. The fourth-order valence-electron chi connectivity index (χ4n) is 5.70. The van der Waals surface area contributed by atoms with Crippen molar-refractivity contribution in [1.82, 2.24) is 15.1 Å². The van der Waals surface area contributed by atoms with Crippen LogP contribution in [0.15, 0.2) is 18.2 Å². The summed E-state index contributed by atoms with van der Waals surface area (Å²) in [4.78, 5) is 40.7. The van der Waals surface area contributed by atoms with Gasteiger partial charge in [-0.2, -0.15) is 0 Å². The molecule has 1 aromatic rings. The molecule has 1 saturated carbocycles. The first-order valence-corrected chi connectivity index (χ1v) is 11.7. The molecule has 1 N–H and O–H groups in total. The van der Waals surface area contributed by atoms with Crippen molar-refractivity contribution in [3.8, 4) is 5.75 Å². The number of hydrogen-bond acceptors (Lipinski definition) is 6. The summed E-state index contributed by atoms with van der Waals surface area (Å²) in [6.07, 6.45) is 6.62. The molecule has 2 saturated heterocycles. The lowest BCUT2D eigenvalue weighted by molar-refractivity contribution is -0.136. The Bertz CT molecular complexity index is 911. The highest BCUT2D eigenvalue weighted by atomic mass is 16.5. The van der Waals surface area contributed by atoms with Crippen LogP contribution >= 0.6 is 0 Å². The van der Waals surface area contributed by atoms with E-state index < -0.39 is 6.04 Å². The van der Waals surface area contributed by atoms with Gasteiger partial charge < -0.3 is 14.4 Å². The number of piperidine rings is 2. The van der Waals surface area contributed by atoms with Gasteiger partial charge in [0.1, 0.15) is 17.9 Å². The fourth-order valence-corrected chi connectivity index (χ4v) is 5.70. The topological polar surface area (TPSA) is 88.2 Å². The number of fused-ring (bicyclic) bond motifs is 1. The lowest BCUT2D eigenvalue weighted by Crippen LogP contribution is -2.52. The van der Waals surface area contributed by atoms with E-state index in [0.717, 1.165) is 56.5 Å². The van der Waals surface area contributed by atoms with Crippen molar-refractivity contribution in [2.24, 2.45) is 0 Å². The molecule has 3 fully saturated rings. The molecule has 172 valence electrons. The van der Waals surface area contributed by atoms with Gasteiger partial charge in [0.2, 0.25) is 11.8 Å². The highest BCUT2D eigenvalue weighted by Gasteiger charge is 2.40. The third-order valence-electron chi connectivity index (χ3n) is 7.48. The van der Waals surface area contributed by atoms with E-state index >= 15 is 0 Å². The highest BCUT2D eigenvalue weighted by molar-refractivity contribution is 6.05. The molecular weight excluding hydrogens is 410 g/mol. The molecule has 1 aliphatic carbocycles. The van der Waals surface area contributed by atoms with Crippen molar-refractivity contribution >= 4 is 17.7 Å². The lowest BCUT2D eigenvalue weighted by Gasteiger charge is -2.38. The van der Waals surface area contributed by atoms with Crippen LogP contribution in [0.5, 0.6) is 5.75 Å². The molecule has 3 atom stereocenters. The molecule has 32 heavy (non-hydrogen) atoms. The van der Waals surface area contributed by atoms with Crippen molar-refractivity contribution in [3.63, 3.8) is 0 Å². The number of nitrogens with zero attached hydrogens (tertiary/aromatic N) is 2. The summed E-state index contributed by atoms with van der Waals surface area (Å²) in [6, 6.07) is 5.46. The maximum Gasteiger partial charge on any atom is 0.255 e. The van der Waals surface area contributed by atoms with Crippen LogP contribution in [0.2, 0.25) is 0 Å². The molecule has 5 rings (SSSR count). The molecule has 3 amide bonds. The van der Waals surface area contributed by atoms with E-state index in [1.807, 2.05) is 18.2 Å². The molecular formula is C24H31N3O5. The largest absolute Gasteiger partial charge is 0.489 e. The molecule has 1 aromatic carbocycles. The average Bonchev–Trinajstić information content (AvgIpc) is 3.38. The molecule has 4 aliphatic rings. The predicted molar refractivity (Wildman–Crippen MR) is 116 cm³/mol. The molecule has 0 aromatic heterocycles. The van der Waals surface area contributed by atoms with E-state index in [9.17, 15) is 14.4 Å². The summed E-state index contributed by atoms with van der Waals surface area (Å²) >= 11 is 0. The van der Waals surface area contributed by atoms with Gasteiger partial charge in [-0.15, -0.1) is 0 Å². The van der Waals surface area contributed by atoms with Crippen molar-refractivity contribution in [1.29, 1.82) is 0 Å². The zero-order valence-corrected chi connectivity index (χ0v) is 18.5. The zero-order chi connectivity index (χ0) is 22.2. The standard InChI is InChI=1S/C24H31N3O5/c1-31-16-9-11-26(12-10-16)19-3-2-4-21(19)32-17-5-6-18-15(13-17)14-27(24(18)30)20-7-8-22(28)25-23(20)29/h5-6,13,16,19-21H,2-4,7-12,14H2,1H3,(H,25,28,29)/t19-,20?,21-/m0/s1. The maximum absolute atomic E-state index is 12.9. The molecule has 8 nitrogen and oxygen atoms in total. The lowest BCUT2D eigenvalue weighted by atomic mass is 10.0. The predicted octanol–water partition coefficient (Wildman–Crippen LogP) is 1.86. The number of rotatable bonds is 5. The number of imide groups is 1. The molecule has 0 bridgehead atoms. The van der Waals surface area contributed by atoms with Gasteiger partial charge in [-0.05, 0) is 62.3 Å². The molecule has 0 radical (unpaired) electrons. The number of nitrogens with one attached hydrogen (secondary N) is 1. The number of ether oxygens (including phenoxy) is 2. The van der Waals surface area contributed by atoms with Crippen LogP contribution in [0.3, 0.4) is 0 Å². The van der Waals surface area contributed by atoms with E-state index in [-0.39, 0.29) is 30.2 Å². The number of likely N-dealkylation sites (tertiary alicyclic amines) is 1. The third kappa shape index (κ3) is 4.01. The molecule has 1 unspecified atom stereocenters. The second-order valence-electron chi connectivity index (χ2n) is 9.34. The Morgan fingerprint density at radius 2 is 1.84 bits per heavy atom. The highest BCUT2D eigenvalue weighted by Crippen LogP contribution is 2.34. The van der Waals surface area contributed by atoms with Gasteiger partial charge in [-0.3, -0.25) is 24.6 Å². The van der Waals surface area contributed by atoms with Gasteiger partial charge in [0, 0.05) is 44.8 Å². The first-order chi connectivity index (χ1) is 15.5. The molecule has 3 heterocycles. The Balaban J connectivity index is 1.25. The smallest absolute Gasteiger partial charge is 0.255 e. The van der Waals surface area contributed by atoms with Crippen molar-refractivity contribution in [2.45, 2.75) is 75.8 Å². The van der Waals surface area contributed by atoms with Crippen LogP contribution in [-0.4, -0.2) is 72.0 Å². The second kappa shape index (κ2) is 8.83. The van der Waals surface area contributed by atoms with Crippen LogP contribution in [0, 0.1) is 0 Å². The van der Waals surface area contributed by atoms with Gasteiger partial charge in [-0.25, -0.2) is 0 Å². The molecule has 8 heteroatoms. The summed E-state index contributed by atoms with van der Waals surface area (Å²) in [7, 11) is 1.79. The number of carbonyl (C=O) groups is 3. The summed E-state index contributed by atoms with van der Waals surface area (Å²) in [6.45, 7) is 2.46. The van der Waals surface area contributed by atoms with Crippen LogP contribution < -0.4 is 10.1 Å². The minimum absolute atomic E-state index is 0.149. The Kier molecular flexibility index (Phi) is 5.90. The van der Waals surface area contributed by atoms with Crippen molar-refractivity contribution in [3.05, 3.63) is 29.3 Å². The maximum atomic E-state index is 12.9. The minimum Gasteiger partial charge on any atom is -0.489 e. The normalized spacial score (nSPS) is 29.3. The van der Waals surface area contributed by atoms with Crippen LogP contribution in [0.1, 0.15) is 60.9 Å². The number of benzene rings is 1. The van der Waals surface area contributed by atoms with Crippen molar-refractivity contribution in [2.75, 3.05) is 20.2 Å². The second-order valence-corrected chi connectivity index (χ2v) is 9.34. The fraction of sp³-hybridized carbons (Fsp3) is 0.625. The monoisotopic (exact) mass is 441 g/mol. The first kappa shape index (κ1) is 21.4. The third-order valence-corrected chi connectivity index (χ3v) is 7.48. The van der Waals surface area contributed by atoms with E-state index in [1.165, 1.54) is 0 Å². The quantitative estimate of drug-likeness (QED) is 0.702. The number of hydrogen-bond donors (Lipinski definition) is 1. The van der Waals surface area contributed by atoms with Gasteiger partial charge in [0.05, 0.1) is 6.10 Å². The van der Waals surface area contributed by atoms with E-state index in [4.69, 9.17) is 9.47 Å². The van der Waals surface area contributed by atoms with E-state index in [0.29, 0.717) is 30.7 Å². The van der Waals surface area contributed by atoms with Crippen molar-refractivity contribution < 1.29 is 23.9 Å². The molecule has 0 spiro atoms. The van der Waals surface area contributed by atoms with E-state index in [2.05, 4.69) is 10.2 Å². The minimum atomic E-state index is -0.591. The van der Waals surface area contributed by atoms with Gasteiger partial charge in [0.25, 0.3) is 5.91 Å². The Morgan fingerprint density at radius 3 is 2.59 bits per heavy atom. The average molecular weight is 442 g/mol. The Labute approximate surface area is 188 Å². The number of methoxy groups -OCH3 is 1. The summed E-state index contributed by atoms with van der Waals surface area (Å²) < 4.78 is 12.0. The van der Waals surface area contributed by atoms with Crippen LogP contribution in [0.25, 0.3) is 0 Å². The SMILES string of the molecule is COC1CCN([C@H]2CCC[C@@H]2Oc2ccc3c(c2)CN(C2CCC(=O)NC2=O)C3=O)CC1. The summed E-state index contributed by atoms with van der Waals surface area (Å²) in [5.41, 5.74) is 1.50. The number of carbonyl (C=O) groups excluding carboxylic acids is 3. The van der Waals surface area contributed by atoms with Crippen LogP contribution in [-0.2, 0) is 20.9 Å². The Morgan fingerprint density at radius 1 is 1.03 bits per heavy atom. The Hall–Kier alpha value is -2.45. The first-order valence-electron chi connectivity index (χ1n) is 11.7. The van der Waals surface area contributed by atoms with Gasteiger partial charge in [-0.1, -0.05) is 0 Å². The summed E-state index contributed by atoms with van der Waals surface area (Å²) in [5, 5.41) is 2.35. The van der Waals surface area contributed by atoms with Crippen LogP contribution in [0.4, 0.5) is 0 Å². The zero-order valence-electron chi connectivity index (χ0n) is 18.5.